The lowest BCUT2D eigenvalue weighted by Crippen LogP contribution is -2.51. The number of hydrogen-bond donors (Lipinski definition) is 1. The lowest BCUT2D eigenvalue weighted by molar-refractivity contribution is -0.192. The minimum atomic E-state index is -1.86. The van der Waals surface area contributed by atoms with Crippen LogP contribution in [0.5, 0.6) is 0 Å². The predicted molar refractivity (Wildman–Crippen MR) is 170 cm³/mol. The molecule has 3 aromatic rings. The SMILES string of the molecule is CCCCCN1C=Nc2cccc3nc4c(c1c23)Cn1c-4cc2c(c1=O)COC(=O)[C@@]2(CC)OC(=O)C(C)N(C)C(=O)CNC. The molecule has 1 aromatic carbocycles. The molecule has 0 fully saturated rings. The highest BCUT2D eigenvalue weighted by Gasteiger charge is 2.51. The van der Waals surface area contributed by atoms with E-state index in [1.54, 1.807) is 24.6 Å². The molecule has 3 aliphatic rings. The molecule has 236 valence electrons. The van der Waals surface area contributed by atoms with Gasteiger partial charge in [-0.15, -0.1) is 0 Å². The van der Waals surface area contributed by atoms with E-state index < -0.39 is 23.6 Å². The molecule has 0 bridgehead atoms. The number of ether oxygens (including phenoxy) is 2. The van der Waals surface area contributed by atoms with E-state index in [1.807, 2.05) is 24.5 Å². The van der Waals surface area contributed by atoms with Gasteiger partial charge in [0.2, 0.25) is 11.5 Å². The number of esters is 2. The lowest BCUT2D eigenvalue weighted by atomic mass is 9.85. The Labute approximate surface area is 261 Å². The summed E-state index contributed by atoms with van der Waals surface area (Å²) in [5.74, 6) is -1.85. The third-order valence-corrected chi connectivity index (χ3v) is 9.17. The number of nitrogens with one attached hydrogen (secondary N) is 1. The summed E-state index contributed by atoms with van der Waals surface area (Å²) in [6.45, 7) is 6.27. The second-order valence-corrected chi connectivity index (χ2v) is 11.8. The topological polar surface area (TPSA) is 135 Å². The van der Waals surface area contributed by atoms with Crippen LogP contribution in [0.3, 0.4) is 0 Å². The van der Waals surface area contributed by atoms with Crippen LogP contribution in [0.25, 0.3) is 22.3 Å². The number of carbonyl (C=O) groups excluding carboxylic acids is 3. The Morgan fingerprint density at radius 3 is 2.73 bits per heavy atom. The number of cyclic esters (lactones) is 1. The summed E-state index contributed by atoms with van der Waals surface area (Å²) in [5, 5.41) is 3.72. The van der Waals surface area contributed by atoms with Gasteiger partial charge in [-0.25, -0.2) is 19.6 Å². The van der Waals surface area contributed by atoms with Gasteiger partial charge in [-0.05, 0) is 45.0 Å². The monoisotopic (exact) mass is 614 g/mol. The van der Waals surface area contributed by atoms with Crippen molar-refractivity contribution in [3.8, 4) is 11.4 Å². The number of unbranched alkanes of at least 4 members (excludes halogenated alkanes) is 2. The van der Waals surface area contributed by atoms with E-state index in [0.717, 1.165) is 53.6 Å². The molecular weight excluding hydrogens is 576 g/mol. The van der Waals surface area contributed by atoms with Crippen molar-refractivity contribution in [2.45, 2.75) is 71.2 Å². The Morgan fingerprint density at radius 1 is 1.20 bits per heavy atom. The summed E-state index contributed by atoms with van der Waals surface area (Å²) in [6, 6.07) is 6.59. The second-order valence-electron chi connectivity index (χ2n) is 11.8. The van der Waals surface area contributed by atoms with Gasteiger partial charge in [0.25, 0.3) is 5.56 Å². The number of hydrogen-bond acceptors (Lipinski definition) is 10. The van der Waals surface area contributed by atoms with Gasteiger partial charge < -0.3 is 29.2 Å². The van der Waals surface area contributed by atoms with Crippen molar-refractivity contribution in [3.05, 3.63) is 51.3 Å². The highest BCUT2D eigenvalue weighted by atomic mass is 16.6. The number of carbonyl (C=O) groups is 3. The van der Waals surface area contributed by atoms with Crippen molar-refractivity contribution >= 4 is 46.5 Å². The van der Waals surface area contributed by atoms with Gasteiger partial charge >= 0.3 is 11.9 Å². The number of benzene rings is 1. The van der Waals surface area contributed by atoms with Crippen LogP contribution >= 0.6 is 0 Å². The fraction of sp³-hybridized carbons (Fsp3) is 0.455. The summed E-state index contributed by atoms with van der Waals surface area (Å²) in [4.78, 5) is 66.7. The van der Waals surface area contributed by atoms with Crippen LogP contribution in [0.2, 0.25) is 0 Å². The van der Waals surface area contributed by atoms with E-state index >= 15 is 0 Å². The van der Waals surface area contributed by atoms with Gasteiger partial charge in [0.1, 0.15) is 12.6 Å². The average Bonchev–Trinajstić information content (AvgIpc) is 3.41. The Hall–Kier alpha value is -4.58. The maximum atomic E-state index is 14.1. The maximum Gasteiger partial charge on any atom is 0.355 e. The van der Waals surface area contributed by atoms with Crippen molar-refractivity contribution in [2.24, 2.45) is 4.99 Å². The molecule has 0 radical (unpaired) electrons. The molecule has 1 amide bonds. The van der Waals surface area contributed by atoms with Gasteiger partial charge in [0.15, 0.2) is 0 Å². The van der Waals surface area contributed by atoms with Gasteiger partial charge in [-0.3, -0.25) is 9.59 Å². The van der Waals surface area contributed by atoms with Gasteiger partial charge in [-0.1, -0.05) is 32.8 Å². The van der Waals surface area contributed by atoms with E-state index in [0.29, 0.717) is 23.5 Å². The van der Waals surface area contributed by atoms with Crippen LogP contribution in [-0.4, -0.2) is 71.9 Å². The van der Waals surface area contributed by atoms with Crippen LogP contribution in [0.4, 0.5) is 11.4 Å². The standard InChI is InChI=1S/C33H38N6O6/c1-6-8-9-13-38-18-35-23-11-10-12-24-27(23)29(38)20-16-39-25(28(20)36-24)14-22-21(30(39)41)17-44-32(43)33(22,7-2)45-31(42)19(3)37(5)26(40)15-34-4/h10-12,14,18-19,34H,6-9,13,15-17H2,1-5H3/t19?,33-/m0/s1. The molecule has 2 aromatic heterocycles. The first-order chi connectivity index (χ1) is 21.7. The van der Waals surface area contributed by atoms with Crippen molar-refractivity contribution < 1.29 is 23.9 Å². The number of aromatic nitrogens is 2. The third kappa shape index (κ3) is 4.78. The number of likely N-dealkylation sites (N-methyl/N-ethyl adjacent to an activating group) is 2. The Balaban J connectivity index is 1.47. The molecule has 12 nitrogen and oxygen atoms in total. The number of aliphatic imine (C=N–C) groups is 1. The first-order valence-corrected chi connectivity index (χ1v) is 15.5. The largest absolute Gasteiger partial charge is 0.457 e. The summed E-state index contributed by atoms with van der Waals surface area (Å²) in [7, 11) is 3.13. The first kappa shape index (κ1) is 30.4. The lowest BCUT2D eigenvalue weighted by Gasteiger charge is -2.37. The van der Waals surface area contributed by atoms with Gasteiger partial charge in [0.05, 0.1) is 58.7 Å². The van der Waals surface area contributed by atoms with Crippen LogP contribution in [0.15, 0.2) is 34.1 Å². The zero-order chi connectivity index (χ0) is 32.0. The Kier molecular flexibility index (Phi) is 7.94. The first-order valence-electron chi connectivity index (χ1n) is 15.5. The molecule has 0 spiro atoms. The zero-order valence-electron chi connectivity index (χ0n) is 26.3. The van der Waals surface area contributed by atoms with Crippen LogP contribution in [-0.2, 0) is 42.6 Å². The normalized spacial score (nSPS) is 18.2. The number of pyridine rings is 2. The molecule has 2 atom stereocenters. The van der Waals surface area contributed by atoms with Crippen molar-refractivity contribution in [1.29, 1.82) is 0 Å². The fourth-order valence-corrected chi connectivity index (χ4v) is 6.47. The summed E-state index contributed by atoms with van der Waals surface area (Å²) < 4.78 is 13.1. The van der Waals surface area contributed by atoms with Crippen LogP contribution < -0.4 is 15.8 Å². The molecule has 5 heterocycles. The van der Waals surface area contributed by atoms with Gasteiger partial charge in [-0.2, -0.15) is 0 Å². The van der Waals surface area contributed by atoms with Crippen molar-refractivity contribution in [2.75, 3.05) is 32.1 Å². The van der Waals surface area contributed by atoms with Crippen molar-refractivity contribution in [1.82, 2.24) is 19.8 Å². The number of nitrogens with zero attached hydrogens (tertiary/aromatic N) is 5. The molecule has 45 heavy (non-hydrogen) atoms. The van der Waals surface area contributed by atoms with E-state index in [1.165, 1.54) is 18.9 Å². The van der Waals surface area contributed by atoms with Crippen molar-refractivity contribution in [3.63, 3.8) is 0 Å². The molecule has 12 heteroatoms. The highest BCUT2D eigenvalue weighted by molar-refractivity contribution is 6.11. The molecule has 0 aliphatic carbocycles. The maximum absolute atomic E-state index is 14.1. The number of amides is 1. The molecule has 3 aliphatic heterocycles. The minimum absolute atomic E-state index is 0.0304. The molecular formula is C33H38N6O6. The Morgan fingerprint density at radius 2 is 2.00 bits per heavy atom. The fourth-order valence-electron chi connectivity index (χ4n) is 6.47. The van der Waals surface area contributed by atoms with Gasteiger partial charge in [0, 0.05) is 24.7 Å². The van der Waals surface area contributed by atoms with Crippen LogP contribution in [0, 0.1) is 0 Å². The van der Waals surface area contributed by atoms with E-state index in [9.17, 15) is 19.2 Å². The van der Waals surface area contributed by atoms with Crippen LogP contribution in [0.1, 0.15) is 63.1 Å². The summed E-state index contributed by atoms with van der Waals surface area (Å²) in [5.41, 5.74) is 3.04. The molecule has 1 unspecified atom stereocenters. The molecule has 0 saturated heterocycles. The minimum Gasteiger partial charge on any atom is -0.457 e. The Bertz CT molecular complexity index is 1820. The smallest absolute Gasteiger partial charge is 0.355 e. The quantitative estimate of drug-likeness (QED) is 0.211. The van der Waals surface area contributed by atoms with E-state index in [-0.39, 0.29) is 36.6 Å². The predicted octanol–water partition coefficient (Wildman–Crippen LogP) is 3.37. The number of fused-ring (bicyclic) bond motifs is 5. The van der Waals surface area contributed by atoms with E-state index in [2.05, 4.69) is 17.1 Å². The molecule has 1 N–H and O–H groups in total. The zero-order valence-corrected chi connectivity index (χ0v) is 26.3. The molecule has 6 rings (SSSR count). The molecule has 0 saturated carbocycles. The highest BCUT2D eigenvalue weighted by Crippen LogP contribution is 2.47. The summed E-state index contributed by atoms with van der Waals surface area (Å²) in [6.07, 6.45) is 5.05. The van der Waals surface area contributed by atoms with E-state index in [4.69, 9.17) is 19.5 Å². The number of rotatable bonds is 10. The second kappa shape index (κ2) is 11.7. The number of anilines is 1. The summed E-state index contributed by atoms with van der Waals surface area (Å²) >= 11 is 0. The third-order valence-electron chi connectivity index (χ3n) is 9.17. The average molecular weight is 615 g/mol.